The van der Waals surface area contributed by atoms with Gasteiger partial charge in [-0.2, -0.15) is 0 Å². The van der Waals surface area contributed by atoms with Gasteiger partial charge in [-0.1, -0.05) is 11.6 Å². The molecule has 54 valence electrons. The van der Waals surface area contributed by atoms with Crippen LogP contribution in [0.2, 0.25) is 0 Å². The summed E-state index contributed by atoms with van der Waals surface area (Å²) in [5.41, 5.74) is 1.33. The molecule has 2 unspecified atom stereocenters. The number of Topliss-reactive ketones (excluding diaryl/α,β-unsaturated/α-hetero) is 1. The molecule has 0 amide bonds. The highest BCUT2D eigenvalue weighted by Gasteiger charge is 2.37. The van der Waals surface area contributed by atoms with Crippen LogP contribution in [0.5, 0.6) is 0 Å². The molecule has 0 heterocycles. The van der Waals surface area contributed by atoms with Gasteiger partial charge in [0.1, 0.15) is 5.78 Å². The summed E-state index contributed by atoms with van der Waals surface area (Å²) >= 11 is 0. The molecule has 2 aliphatic carbocycles. The minimum Gasteiger partial charge on any atom is -0.299 e. The largest absolute Gasteiger partial charge is 0.299 e. The van der Waals surface area contributed by atoms with Gasteiger partial charge < -0.3 is 0 Å². The van der Waals surface area contributed by atoms with Crippen LogP contribution >= 0.6 is 0 Å². The number of allylic oxidation sites excluding steroid dienone is 2. The van der Waals surface area contributed by atoms with Crippen LogP contribution in [0.25, 0.3) is 0 Å². The lowest BCUT2D eigenvalue weighted by Gasteiger charge is -2.07. The SMILES string of the molecule is CC1=CCC2CCC(=O)C12. The summed E-state index contributed by atoms with van der Waals surface area (Å²) in [6.45, 7) is 2.09. The minimum atomic E-state index is 0.333. The second kappa shape index (κ2) is 1.94. The third-order valence-electron chi connectivity index (χ3n) is 2.81. The maximum absolute atomic E-state index is 11.2. The molecule has 0 saturated heterocycles. The van der Waals surface area contributed by atoms with Gasteiger partial charge in [0.2, 0.25) is 0 Å². The Hall–Kier alpha value is -0.590. The number of rotatable bonds is 0. The second-order valence-electron chi connectivity index (χ2n) is 3.43. The highest BCUT2D eigenvalue weighted by atomic mass is 16.1. The number of hydrogen-bond donors (Lipinski definition) is 0. The fourth-order valence-electron chi connectivity index (χ4n) is 2.26. The summed E-state index contributed by atoms with van der Waals surface area (Å²) in [6, 6.07) is 0. The van der Waals surface area contributed by atoms with Crippen molar-refractivity contribution in [3.05, 3.63) is 11.6 Å². The van der Waals surface area contributed by atoms with Crippen molar-refractivity contribution in [2.24, 2.45) is 11.8 Å². The standard InChI is InChI=1S/C9H12O/c1-6-2-3-7-4-5-8(10)9(6)7/h2,7,9H,3-5H2,1H3. The molecular formula is C9H12O. The Balaban J connectivity index is 2.27. The Morgan fingerprint density at radius 3 is 3.10 bits per heavy atom. The van der Waals surface area contributed by atoms with Crippen molar-refractivity contribution in [2.75, 3.05) is 0 Å². The van der Waals surface area contributed by atoms with Crippen LogP contribution in [0.4, 0.5) is 0 Å². The van der Waals surface area contributed by atoms with E-state index in [-0.39, 0.29) is 0 Å². The van der Waals surface area contributed by atoms with E-state index in [1.165, 1.54) is 5.57 Å². The number of hydrogen-bond acceptors (Lipinski definition) is 1. The van der Waals surface area contributed by atoms with Gasteiger partial charge in [-0.3, -0.25) is 4.79 Å². The van der Waals surface area contributed by atoms with Gasteiger partial charge >= 0.3 is 0 Å². The molecule has 1 saturated carbocycles. The summed E-state index contributed by atoms with van der Waals surface area (Å²) in [5, 5.41) is 0. The molecule has 2 atom stereocenters. The predicted octanol–water partition coefficient (Wildman–Crippen LogP) is 1.93. The first kappa shape index (κ1) is 6.14. The van der Waals surface area contributed by atoms with Gasteiger partial charge in [-0.25, -0.2) is 0 Å². The number of carbonyl (C=O) groups is 1. The van der Waals surface area contributed by atoms with Gasteiger partial charge in [-0.05, 0) is 25.7 Å². The maximum atomic E-state index is 11.2. The van der Waals surface area contributed by atoms with Gasteiger partial charge in [0, 0.05) is 12.3 Å². The fourth-order valence-corrected chi connectivity index (χ4v) is 2.26. The van der Waals surface area contributed by atoms with Crippen molar-refractivity contribution >= 4 is 5.78 Å². The predicted molar refractivity (Wildman–Crippen MR) is 39.6 cm³/mol. The van der Waals surface area contributed by atoms with E-state index in [0.717, 1.165) is 19.3 Å². The van der Waals surface area contributed by atoms with Crippen LogP contribution < -0.4 is 0 Å². The average Bonchev–Trinajstić information content (AvgIpc) is 2.40. The van der Waals surface area contributed by atoms with E-state index >= 15 is 0 Å². The molecule has 0 aliphatic heterocycles. The van der Waals surface area contributed by atoms with Crippen molar-refractivity contribution in [3.63, 3.8) is 0 Å². The summed E-state index contributed by atoms with van der Waals surface area (Å²) < 4.78 is 0. The van der Waals surface area contributed by atoms with Crippen molar-refractivity contribution in [3.8, 4) is 0 Å². The molecule has 2 rings (SSSR count). The monoisotopic (exact) mass is 136 g/mol. The van der Waals surface area contributed by atoms with Crippen LogP contribution in [-0.4, -0.2) is 5.78 Å². The van der Waals surface area contributed by atoms with Gasteiger partial charge in [-0.15, -0.1) is 0 Å². The Labute approximate surface area is 61.1 Å². The molecule has 0 aromatic heterocycles. The third-order valence-corrected chi connectivity index (χ3v) is 2.81. The summed E-state index contributed by atoms with van der Waals surface area (Å²) in [5.74, 6) is 1.50. The van der Waals surface area contributed by atoms with Crippen molar-refractivity contribution < 1.29 is 4.79 Å². The molecule has 1 fully saturated rings. The van der Waals surface area contributed by atoms with Crippen LogP contribution in [0.15, 0.2) is 11.6 Å². The normalized spacial score (nSPS) is 38.1. The number of fused-ring (bicyclic) bond motifs is 1. The highest BCUT2D eigenvalue weighted by molar-refractivity contribution is 5.86. The van der Waals surface area contributed by atoms with Crippen LogP contribution in [-0.2, 0) is 4.79 Å². The second-order valence-corrected chi connectivity index (χ2v) is 3.43. The van der Waals surface area contributed by atoms with E-state index in [0.29, 0.717) is 17.6 Å². The van der Waals surface area contributed by atoms with E-state index in [1.807, 2.05) is 0 Å². The maximum Gasteiger partial charge on any atom is 0.140 e. The Morgan fingerprint density at radius 1 is 1.60 bits per heavy atom. The smallest absolute Gasteiger partial charge is 0.140 e. The first-order valence-electron chi connectivity index (χ1n) is 3.98. The van der Waals surface area contributed by atoms with Gasteiger partial charge in [0.25, 0.3) is 0 Å². The van der Waals surface area contributed by atoms with Crippen molar-refractivity contribution in [1.82, 2.24) is 0 Å². The third kappa shape index (κ3) is 0.664. The minimum absolute atomic E-state index is 0.333. The zero-order valence-corrected chi connectivity index (χ0v) is 6.26. The molecule has 1 heteroatoms. The van der Waals surface area contributed by atoms with E-state index in [2.05, 4.69) is 13.0 Å². The number of ketones is 1. The Bertz CT molecular complexity index is 203. The summed E-state index contributed by atoms with van der Waals surface area (Å²) in [4.78, 5) is 11.2. The zero-order chi connectivity index (χ0) is 7.14. The summed E-state index contributed by atoms with van der Waals surface area (Å²) in [6.07, 6.45) is 5.35. The molecule has 10 heavy (non-hydrogen) atoms. The fraction of sp³-hybridized carbons (Fsp3) is 0.667. The first-order chi connectivity index (χ1) is 4.79. The van der Waals surface area contributed by atoms with E-state index in [9.17, 15) is 4.79 Å². The van der Waals surface area contributed by atoms with Crippen LogP contribution in [0, 0.1) is 11.8 Å². The lowest BCUT2D eigenvalue weighted by molar-refractivity contribution is -0.120. The van der Waals surface area contributed by atoms with Crippen molar-refractivity contribution in [1.29, 1.82) is 0 Å². The van der Waals surface area contributed by atoms with Crippen molar-refractivity contribution in [2.45, 2.75) is 26.2 Å². The highest BCUT2D eigenvalue weighted by Crippen LogP contribution is 2.41. The average molecular weight is 136 g/mol. The lowest BCUT2D eigenvalue weighted by Crippen LogP contribution is -2.10. The van der Waals surface area contributed by atoms with Gasteiger partial charge in [0.15, 0.2) is 0 Å². The van der Waals surface area contributed by atoms with Gasteiger partial charge in [0.05, 0.1) is 0 Å². The Kier molecular flexibility index (Phi) is 1.19. The van der Waals surface area contributed by atoms with Crippen LogP contribution in [0.1, 0.15) is 26.2 Å². The lowest BCUT2D eigenvalue weighted by atomic mass is 9.95. The molecular weight excluding hydrogens is 124 g/mol. The molecule has 0 aromatic rings. The van der Waals surface area contributed by atoms with E-state index in [1.54, 1.807) is 0 Å². The quantitative estimate of drug-likeness (QED) is 0.465. The zero-order valence-electron chi connectivity index (χ0n) is 6.26. The molecule has 2 aliphatic rings. The molecule has 1 nitrogen and oxygen atoms in total. The molecule has 0 N–H and O–H groups in total. The first-order valence-corrected chi connectivity index (χ1v) is 3.98. The molecule has 0 spiro atoms. The topological polar surface area (TPSA) is 17.1 Å². The van der Waals surface area contributed by atoms with Crippen LogP contribution in [0.3, 0.4) is 0 Å². The van der Waals surface area contributed by atoms with E-state index < -0.39 is 0 Å². The summed E-state index contributed by atoms with van der Waals surface area (Å²) in [7, 11) is 0. The Morgan fingerprint density at radius 2 is 2.40 bits per heavy atom. The number of carbonyl (C=O) groups excluding carboxylic acids is 1. The van der Waals surface area contributed by atoms with E-state index in [4.69, 9.17) is 0 Å². The molecule has 0 aromatic carbocycles. The molecule has 0 radical (unpaired) electrons. The molecule has 0 bridgehead atoms.